The van der Waals surface area contributed by atoms with E-state index in [-0.39, 0.29) is 0 Å². The molecule has 1 heterocycles. The molecule has 0 amide bonds. The highest BCUT2D eigenvalue weighted by molar-refractivity contribution is 9.11. The number of hydrogen-bond acceptors (Lipinski definition) is 2. The Bertz CT molecular complexity index is 783. The molecule has 2 aromatic carbocycles. The highest BCUT2D eigenvalue weighted by Gasteiger charge is 2.18. The van der Waals surface area contributed by atoms with E-state index in [4.69, 9.17) is 16.0 Å². The van der Waals surface area contributed by atoms with E-state index in [1.165, 1.54) is 0 Å². The first-order chi connectivity index (χ1) is 9.54. The predicted octanol–water partition coefficient (Wildman–Crippen LogP) is 5.69. The Balaban J connectivity index is 2.05. The van der Waals surface area contributed by atoms with Crippen LogP contribution >= 0.6 is 43.5 Å². The first-order valence-corrected chi connectivity index (χ1v) is 7.83. The molecule has 0 saturated carbocycles. The topological polar surface area (TPSA) is 33.4 Å². The van der Waals surface area contributed by atoms with Crippen molar-refractivity contribution in [3.63, 3.8) is 0 Å². The van der Waals surface area contributed by atoms with Gasteiger partial charge in [-0.3, -0.25) is 0 Å². The highest BCUT2D eigenvalue weighted by Crippen LogP contribution is 2.34. The molecule has 1 N–H and O–H groups in total. The highest BCUT2D eigenvalue weighted by atomic mass is 79.9. The Labute approximate surface area is 137 Å². The van der Waals surface area contributed by atoms with Crippen molar-refractivity contribution in [1.82, 2.24) is 0 Å². The lowest BCUT2D eigenvalue weighted by Gasteiger charge is -2.10. The second-order valence-corrected chi connectivity index (χ2v) is 6.61. The molecule has 0 saturated heterocycles. The number of furan rings is 1. The maximum Gasteiger partial charge on any atom is 0.138 e. The fraction of sp³-hybridized carbons (Fsp3) is 0.0667. The summed E-state index contributed by atoms with van der Waals surface area (Å²) in [5.41, 5.74) is 1.45. The lowest BCUT2D eigenvalue weighted by Crippen LogP contribution is -1.98. The quantitative estimate of drug-likeness (QED) is 0.582. The number of fused-ring (bicyclic) bond motifs is 1. The van der Waals surface area contributed by atoms with Crippen molar-refractivity contribution in [3.05, 3.63) is 67.8 Å². The minimum Gasteiger partial charge on any atom is -0.458 e. The van der Waals surface area contributed by atoms with Crippen molar-refractivity contribution in [2.24, 2.45) is 0 Å². The Hall–Kier alpha value is -0.810. The van der Waals surface area contributed by atoms with Crippen LogP contribution in [0.15, 0.2) is 55.8 Å². The lowest BCUT2D eigenvalue weighted by atomic mass is 10.1. The van der Waals surface area contributed by atoms with Crippen LogP contribution in [0.5, 0.6) is 0 Å². The van der Waals surface area contributed by atoms with Gasteiger partial charge in [-0.05, 0) is 36.4 Å². The maximum absolute atomic E-state index is 10.5. The molecule has 1 aromatic heterocycles. The summed E-state index contributed by atoms with van der Waals surface area (Å²) in [6.07, 6.45) is -0.830. The minimum atomic E-state index is -0.830. The molecule has 1 unspecified atom stereocenters. The van der Waals surface area contributed by atoms with Crippen LogP contribution in [0.2, 0.25) is 5.02 Å². The van der Waals surface area contributed by atoms with Gasteiger partial charge in [0, 0.05) is 24.9 Å². The fourth-order valence-electron chi connectivity index (χ4n) is 2.05. The number of hydrogen-bond donors (Lipinski definition) is 1. The molecule has 5 heteroatoms. The van der Waals surface area contributed by atoms with Gasteiger partial charge in [0.2, 0.25) is 0 Å². The molecule has 0 aliphatic heterocycles. The number of rotatable bonds is 2. The number of aliphatic hydroxyl groups is 1. The zero-order valence-electron chi connectivity index (χ0n) is 10.1. The van der Waals surface area contributed by atoms with E-state index in [9.17, 15) is 5.11 Å². The summed E-state index contributed by atoms with van der Waals surface area (Å²) in [7, 11) is 0. The van der Waals surface area contributed by atoms with Crippen LogP contribution in [0, 0.1) is 0 Å². The predicted molar refractivity (Wildman–Crippen MR) is 87.1 cm³/mol. The first-order valence-electron chi connectivity index (χ1n) is 5.86. The summed E-state index contributed by atoms with van der Waals surface area (Å²) in [6.45, 7) is 0. The number of aliphatic hydroxyl groups excluding tert-OH is 1. The van der Waals surface area contributed by atoms with E-state index in [1.807, 2.05) is 24.3 Å². The smallest absolute Gasteiger partial charge is 0.138 e. The van der Waals surface area contributed by atoms with E-state index in [0.29, 0.717) is 16.4 Å². The molecule has 0 aliphatic rings. The van der Waals surface area contributed by atoms with Crippen LogP contribution in [0.1, 0.15) is 17.4 Å². The number of benzene rings is 2. The van der Waals surface area contributed by atoms with Crippen LogP contribution in [-0.4, -0.2) is 5.11 Å². The second kappa shape index (κ2) is 5.53. The second-order valence-electron chi connectivity index (χ2n) is 4.40. The van der Waals surface area contributed by atoms with E-state index < -0.39 is 6.10 Å². The van der Waals surface area contributed by atoms with Gasteiger partial charge in [0.25, 0.3) is 0 Å². The van der Waals surface area contributed by atoms with Gasteiger partial charge < -0.3 is 9.52 Å². The molecular formula is C15H9Br2ClO2. The first kappa shape index (κ1) is 14.1. The molecule has 0 spiro atoms. The van der Waals surface area contributed by atoms with E-state index >= 15 is 0 Å². The summed E-state index contributed by atoms with van der Waals surface area (Å²) in [4.78, 5) is 0. The Morgan fingerprint density at radius 3 is 2.60 bits per heavy atom. The Morgan fingerprint density at radius 1 is 1.05 bits per heavy atom. The molecule has 2 nitrogen and oxygen atoms in total. The zero-order valence-corrected chi connectivity index (χ0v) is 14.0. The monoisotopic (exact) mass is 414 g/mol. The van der Waals surface area contributed by atoms with E-state index in [1.54, 1.807) is 18.2 Å². The molecule has 20 heavy (non-hydrogen) atoms. The summed E-state index contributed by atoms with van der Waals surface area (Å²) in [6, 6.07) is 12.8. The molecule has 102 valence electrons. The van der Waals surface area contributed by atoms with Gasteiger partial charge in [-0.1, -0.05) is 49.5 Å². The van der Waals surface area contributed by atoms with Crippen LogP contribution < -0.4 is 0 Å². The molecule has 0 fully saturated rings. The van der Waals surface area contributed by atoms with Crippen molar-refractivity contribution in [2.45, 2.75) is 6.10 Å². The molecule has 1 atom stereocenters. The summed E-state index contributed by atoms with van der Waals surface area (Å²) in [5.74, 6) is 0.491. The molecule has 0 aliphatic carbocycles. The van der Waals surface area contributed by atoms with Gasteiger partial charge in [0.15, 0.2) is 0 Å². The minimum absolute atomic E-state index is 0.491. The van der Waals surface area contributed by atoms with Crippen LogP contribution in [0.25, 0.3) is 11.0 Å². The average molecular weight is 416 g/mol. The summed E-state index contributed by atoms with van der Waals surface area (Å²) < 4.78 is 7.44. The van der Waals surface area contributed by atoms with Gasteiger partial charge in [-0.25, -0.2) is 0 Å². The molecular weight excluding hydrogens is 407 g/mol. The normalized spacial score (nSPS) is 12.8. The van der Waals surface area contributed by atoms with Crippen LogP contribution in [0.3, 0.4) is 0 Å². The van der Waals surface area contributed by atoms with Crippen molar-refractivity contribution in [3.8, 4) is 0 Å². The Morgan fingerprint density at radius 2 is 1.85 bits per heavy atom. The van der Waals surface area contributed by atoms with Gasteiger partial charge in [0.05, 0.1) is 0 Å². The zero-order chi connectivity index (χ0) is 14.3. The van der Waals surface area contributed by atoms with Crippen molar-refractivity contribution >= 4 is 54.4 Å². The average Bonchev–Trinajstić information content (AvgIpc) is 2.81. The van der Waals surface area contributed by atoms with Crippen LogP contribution in [0.4, 0.5) is 0 Å². The fourth-order valence-corrected chi connectivity index (χ4v) is 3.49. The summed E-state index contributed by atoms with van der Waals surface area (Å²) in [5, 5.41) is 12.0. The third kappa shape index (κ3) is 2.66. The maximum atomic E-state index is 10.5. The van der Waals surface area contributed by atoms with Crippen molar-refractivity contribution in [1.29, 1.82) is 0 Å². The van der Waals surface area contributed by atoms with Crippen molar-refractivity contribution in [2.75, 3.05) is 0 Å². The third-order valence-electron chi connectivity index (χ3n) is 3.02. The SMILES string of the molecule is OC(c1cc2cc(Cl)ccc2o1)c1ccc(Br)cc1Br. The molecule has 0 bridgehead atoms. The largest absolute Gasteiger partial charge is 0.458 e. The van der Waals surface area contributed by atoms with Gasteiger partial charge >= 0.3 is 0 Å². The lowest BCUT2D eigenvalue weighted by molar-refractivity contribution is 0.191. The van der Waals surface area contributed by atoms with Crippen LogP contribution in [-0.2, 0) is 0 Å². The van der Waals surface area contributed by atoms with E-state index in [0.717, 1.165) is 19.9 Å². The summed E-state index contributed by atoms with van der Waals surface area (Å²) >= 11 is 12.8. The third-order valence-corrected chi connectivity index (χ3v) is 4.44. The standard InChI is InChI=1S/C15H9Br2ClO2/c16-9-1-3-11(12(17)7-9)15(19)14-6-8-5-10(18)2-4-13(8)20-14/h1-7,15,19H. The molecule has 3 aromatic rings. The Kier molecular flexibility index (Phi) is 3.91. The molecule has 3 rings (SSSR count). The molecule has 0 radical (unpaired) electrons. The van der Waals surface area contributed by atoms with E-state index in [2.05, 4.69) is 31.9 Å². The van der Waals surface area contributed by atoms with Gasteiger partial charge in [0.1, 0.15) is 17.4 Å². The van der Waals surface area contributed by atoms with Gasteiger partial charge in [-0.2, -0.15) is 0 Å². The van der Waals surface area contributed by atoms with Crippen molar-refractivity contribution < 1.29 is 9.52 Å². The van der Waals surface area contributed by atoms with Gasteiger partial charge in [-0.15, -0.1) is 0 Å². The number of halogens is 3.